The Bertz CT molecular complexity index is 1460. The zero-order valence-corrected chi connectivity index (χ0v) is 24.8. The average Bonchev–Trinajstić information content (AvgIpc) is 3.00. The lowest BCUT2D eigenvalue weighted by Crippen LogP contribution is -2.41. The van der Waals surface area contributed by atoms with Gasteiger partial charge in [0.25, 0.3) is 5.91 Å². The van der Waals surface area contributed by atoms with Crippen molar-refractivity contribution in [2.75, 3.05) is 12.0 Å². The predicted molar refractivity (Wildman–Crippen MR) is 171 cm³/mol. The summed E-state index contributed by atoms with van der Waals surface area (Å²) in [6, 6.07) is 32.7. The first-order valence-corrected chi connectivity index (χ1v) is 15.3. The van der Waals surface area contributed by atoms with Gasteiger partial charge < -0.3 is 15.3 Å². The van der Waals surface area contributed by atoms with Crippen molar-refractivity contribution < 1.29 is 19.5 Å². The summed E-state index contributed by atoms with van der Waals surface area (Å²) < 4.78 is 0. The van der Waals surface area contributed by atoms with Gasteiger partial charge in [0, 0.05) is 18.4 Å². The van der Waals surface area contributed by atoms with Gasteiger partial charge in [-0.2, -0.15) is 11.8 Å². The molecule has 0 fully saturated rings. The Balaban J connectivity index is 1.58. The highest BCUT2D eigenvalue weighted by molar-refractivity contribution is 7.98. The molecule has 0 aromatic heterocycles. The molecule has 7 heteroatoms. The van der Waals surface area contributed by atoms with Crippen LogP contribution in [0, 0.1) is 6.92 Å². The molecular formula is C35H36N2O4S. The van der Waals surface area contributed by atoms with Gasteiger partial charge in [0.2, 0.25) is 0 Å². The Labute approximate surface area is 251 Å². The lowest BCUT2D eigenvalue weighted by Gasteiger charge is -2.17. The molecule has 0 saturated heterocycles. The van der Waals surface area contributed by atoms with E-state index >= 15 is 0 Å². The van der Waals surface area contributed by atoms with Crippen molar-refractivity contribution in [3.8, 4) is 11.1 Å². The summed E-state index contributed by atoms with van der Waals surface area (Å²) in [6.07, 6.45) is 3.60. The van der Waals surface area contributed by atoms with Gasteiger partial charge in [0.05, 0.1) is 5.71 Å². The second-order valence-electron chi connectivity index (χ2n) is 10.1. The molecule has 4 rings (SSSR count). The van der Waals surface area contributed by atoms with Gasteiger partial charge >= 0.3 is 5.97 Å². The van der Waals surface area contributed by atoms with Gasteiger partial charge in [0.15, 0.2) is 0 Å². The van der Waals surface area contributed by atoms with Crippen molar-refractivity contribution in [2.24, 2.45) is 5.16 Å². The Hall–Kier alpha value is -4.36. The van der Waals surface area contributed by atoms with Crippen LogP contribution in [-0.2, 0) is 29.1 Å². The van der Waals surface area contributed by atoms with Gasteiger partial charge in [-0.05, 0) is 70.9 Å². The van der Waals surface area contributed by atoms with Crippen LogP contribution in [0.2, 0.25) is 0 Å². The number of carboxylic acid groups (broad SMARTS) is 1. The molecule has 0 aliphatic rings. The molecule has 1 atom stereocenters. The third-order valence-corrected chi connectivity index (χ3v) is 7.55. The zero-order chi connectivity index (χ0) is 29.7. The van der Waals surface area contributed by atoms with Crippen LogP contribution in [0.4, 0.5) is 0 Å². The fourth-order valence-corrected chi connectivity index (χ4v) is 5.17. The van der Waals surface area contributed by atoms with E-state index in [1.807, 2.05) is 86.0 Å². The van der Waals surface area contributed by atoms with Crippen molar-refractivity contribution in [1.82, 2.24) is 5.32 Å². The van der Waals surface area contributed by atoms with Crippen LogP contribution in [0.3, 0.4) is 0 Å². The van der Waals surface area contributed by atoms with Crippen LogP contribution in [0.1, 0.15) is 39.0 Å². The van der Waals surface area contributed by atoms with Crippen molar-refractivity contribution in [1.29, 1.82) is 0 Å². The molecule has 0 aliphatic heterocycles. The van der Waals surface area contributed by atoms with Crippen molar-refractivity contribution in [3.63, 3.8) is 0 Å². The molecule has 42 heavy (non-hydrogen) atoms. The fourth-order valence-electron chi connectivity index (χ4n) is 4.69. The van der Waals surface area contributed by atoms with Crippen LogP contribution < -0.4 is 5.32 Å². The lowest BCUT2D eigenvalue weighted by atomic mass is 9.93. The molecule has 0 spiro atoms. The minimum absolute atomic E-state index is 0.222. The van der Waals surface area contributed by atoms with E-state index in [1.165, 1.54) is 0 Å². The van der Waals surface area contributed by atoms with E-state index in [4.69, 9.17) is 4.84 Å². The number of hydrogen-bond acceptors (Lipinski definition) is 5. The summed E-state index contributed by atoms with van der Waals surface area (Å²) in [7, 11) is 0. The topological polar surface area (TPSA) is 88.0 Å². The molecule has 0 bridgehead atoms. The number of amides is 1. The number of carbonyl (C=O) groups excluding carboxylic acids is 1. The van der Waals surface area contributed by atoms with Gasteiger partial charge in [-0.25, -0.2) is 4.79 Å². The van der Waals surface area contributed by atoms with E-state index in [2.05, 4.69) is 34.7 Å². The Morgan fingerprint density at radius 3 is 2.05 bits per heavy atom. The number of nitrogens with one attached hydrogen (secondary N) is 1. The zero-order valence-electron chi connectivity index (χ0n) is 24.0. The average molecular weight is 581 g/mol. The summed E-state index contributed by atoms with van der Waals surface area (Å²) in [5.41, 5.74) is 7.12. The molecule has 4 aromatic carbocycles. The molecule has 2 N–H and O–H groups in total. The highest BCUT2D eigenvalue weighted by Crippen LogP contribution is 2.29. The summed E-state index contributed by atoms with van der Waals surface area (Å²) in [5.74, 6) is -0.824. The number of hydrogen-bond donors (Lipinski definition) is 2. The summed E-state index contributed by atoms with van der Waals surface area (Å²) in [5, 5.41) is 16.9. The number of aryl methyl sites for hydroxylation is 1. The molecule has 0 heterocycles. The van der Waals surface area contributed by atoms with Crippen LogP contribution in [0.15, 0.2) is 108 Å². The minimum Gasteiger partial charge on any atom is -0.480 e. The molecule has 1 amide bonds. The first-order chi connectivity index (χ1) is 20.4. The second kappa shape index (κ2) is 15.6. The van der Waals surface area contributed by atoms with Gasteiger partial charge in [0.1, 0.15) is 12.6 Å². The highest BCUT2D eigenvalue weighted by atomic mass is 32.2. The summed E-state index contributed by atoms with van der Waals surface area (Å²) >= 11 is 1.55. The molecular weight excluding hydrogens is 544 g/mol. The maximum Gasteiger partial charge on any atom is 0.326 e. The smallest absolute Gasteiger partial charge is 0.326 e. The van der Waals surface area contributed by atoms with Gasteiger partial charge in [-0.1, -0.05) is 96.2 Å². The monoisotopic (exact) mass is 580 g/mol. The SMILES string of the molecule is CSCCC(NC(=O)c1ccc(CON=C(Cc2ccccc2)Cc2ccccc2)cc1-c1ccccc1C)C(=O)O. The molecule has 6 nitrogen and oxygen atoms in total. The van der Waals surface area contributed by atoms with E-state index in [1.54, 1.807) is 17.8 Å². The number of nitrogens with zero attached hydrogens (tertiary/aromatic N) is 1. The Morgan fingerprint density at radius 1 is 0.833 bits per heavy atom. The number of carboxylic acids is 1. The van der Waals surface area contributed by atoms with Crippen molar-refractivity contribution in [3.05, 3.63) is 131 Å². The fraction of sp³-hybridized carbons (Fsp3) is 0.229. The number of benzene rings is 4. The molecule has 0 saturated carbocycles. The van der Waals surface area contributed by atoms with E-state index in [9.17, 15) is 14.7 Å². The van der Waals surface area contributed by atoms with E-state index in [0.717, 1.165) is 39.1 Å². The van der Waals surface area contributed by atoms with Crippen molar-refractivity contribution >= 4 is 29.4 Å². The van der Waals surface area contributed by atoms with Crippen LogP contribution in [0.5, 0.6) is 0 Å². The third kappa shape index (κ3) is 8.82. The molecule has 0 radical (unpaired) electrons. The standard InChI is InChI=1S/C35H36N2O4S/c1-25-11-9-10-16-30(25)32-23-28(17-18-31(32)34(38)36-33(35(39)40)19-20-42-2)24-41-37-29(21-26-12-5-3-6-13-26)22-27-14-7-4-8-15-27/h3-18,23,33H,19-22,24H2,1-2H3,(H,36,38)(H,39,40). The number of aliphatic carboxylic acids is 1. The van der Waals surface area contributed by atoms with Crippen molar-refractivity contribution in [2.45, 2.75) is 38.8 Å². The summed E-state index contributed by atoms with van der Waals surface area (Å²) in [4.78, 5) is 31.0. The minimum atomic E-state index is -1.04. The molecule has 216 valence electrons. The third-order valence-electron chi connectivity index (χ3n) is 6.90. The van der Waals surface area contributed by atoms with E-state index in [-0.39, 0.29) is 6.61 Å². The number of oxime groups is 1. The first kappa shape index (κ1) is 30.6. The Morgan fingerprint density at radius 2 is 1.45 bits per heavy atom. The van der Waals surface area contributed by atoms with E-state index in [0.29, 0.717) is 30.6 Å². The van der Waals surface area contributed by atoms with Gasteiger partial charge in [-0.15, -0.1) is 0 Å². The molecule has 0 aliphatic carbocycles. The van der Waals surface area contributed by atoms with Crippen LogP contribution in [-0.4, -0.2) is 40.7 Å². The second-order valence-corrected chi connectivity index (χ2v) is 11.1. The summed E-state index contributed by atoms with van der Waals surface area (Å²) in [6.45, 7) is 2.21. The molecule has 1 unspecified atom stereocenters. The number of thioether (sulfide) groups is 1. The normalized spacial score (nSPS) is 11.4. The maximum absolute atomic E-state index is 13.4. The number of carbonyl (C=O) groups is 2. The largest absolute Gasteiger partial charge is 0.480 e. The highest BCUT2D eigenvalue weighted by Gasteiger charge is 2.23. The first-order valence-electron chi connectivity index (χ1n) is 13.9. The van der Waals surface area contributed by atoms with Gasteiger partial charge in [-0.3, -0.25) is 4.79 Å². The van der Waals surface area contributed by atoms with E-state index < -0.39 is 17.9 Å². The Kier molecular flexibility index (Phi) is 11.4. The lowest BCUT2D eigenvalue weighted by molar-refractivity contribution is -0.139. The number of rotatable bonds is 14. The van der Waals surface area contributed by atoms with Crippen LogP contribution >= 0.6 is 11.8 Å². The molecule has 4 aromatic rings. The van der Waals surface area contributed by atoms with Crippen LogP contribution in [0.25, 0.3) is 11.1 Å². The maximum atomic E-state index is 13.4. The predicted octanol–water partition coefficient (Wildman–Crippen LogP) is 6.96. The quantitative estimate of drug-likeness (QED) is 0.124.